The zero-order valence-corrected chi connectivity index (χ0v) is 6.05. The Morgan fingerprint density at radius 3 is 1.85 bits per heavy atom. The highest BCUT2D eigenvalue weighted by Crippen LogP contribution is 1.99. The number of aliphatic hydroxyl groups excluding tert-OH is 1. The van der Waals surface area contributed by atoms with Gasteiger partial charge in [0.15, 0.2) is 0 Å². The highest BCUT2D eigenvalue weighted by molar-refractivity contribution is 5.98. The Hall–Kier alpha value is -1.89. The van der Waals surface area contributed by atoms with Crippen molar-refractivity contribution in [2.45, 2.75) is 6.10 Å². The molecule has 0 fully saturated rings. The van der Waals surface area contributed by atoms with Crippen LogP contribution >= 0.6 is 0 Å². The summed E-state index contributed by atoms with van der Waals surface area (Å²) in [7, 11) is 0. The molecule has 1 unspecified atom stereocenters. The topological polar surface area (TPSA) is 141 Å². The fraction of sp³-hybridized carbons (Fsp3) is 0.167. The number of aliphatic carboxylic acids is 3. The first-order valence-corrected chi connectivity index (χ1v) is 2.89. The molecule has 0 radical (unpaired) electrons. The smallest absolute Gasteiger partial charge is 0.120 e. The van der Waals surface area contributed by atoms with Crippen molar-refractivity contribution in [3.63, 3.8) is 0 Å². The Morgan fingerprint density at radius 2 is 1.62 bits per heavy atom. The maximum absolute atomic E-state index is 10.1. The minimum absolute atomic E-state index is 0.0875. The molecule has 0 aromatic carbocycles. The molecule has 0 bridgehead atoms. The van der Waals surface area contributed by atoms with Crippen LogP contribution in [-0.4, -0.2) is 29.1 Å². The van der Waals surface area contributed by atoms with Crippen molar-refractivity contribution in [2.24, 2.45) is 0 Å². The molecular weight excluding hydrogens is 184 g/mol. The Labute approximate surface area is 71.5 Å². The van der Waals surface area contributed by atoms with Gasteiger partial charge in [-0.15, -0.1) is 0 Å². The Morgan fingerprint density at radius 1 is 1.15 bits per heavy atom. The lowest BCUT2D eigenvalue weighted by molar-refractivity contribution is -0.318. The lowest BCUT2D eigenvalue weighted by Gasteiger charge is -2.16. The van der Waals surface area contributed by atoms with Gasteiger partial charge < -0.3 is 34.8 Å². The Kier molecular flexibility index (Phi) is 3.60. The van der Waals surface area contributed by atoms with Crippen molar-refractivity contribution in [3.05, 3.63) is 11.6 Å². The van der Waals surface area contributed by atoms with Gasteiger partial charge in [0.25, 0.3) is 0 Å². The summed E-state index contributed by atoms with van der Waals surface area (Å²) in [6.07, 6.45) is -2.64. The molecule has 0 aromatic rings. The van der Waals surface area contributed by atoms with E-state index in [1.54, 1.807) is 0 Å². The summed E-state index contributed by atoms with van der Waals surface area (Å²) in [6, 6.07) is 0. The van der Waals surface area contributed by atoms with Gasteiger partial charge >= 0.3 is 0 Å². The summed E-state index contributed by atoms with van der Waals surface area (Å²) in [5.74, 6) is -6.22. The van der Waals surface area contributed by atoms with Crippen molar-refractivity contribution >= 4 is 17.9 Å². The Bertz CT molecular complexity index is 277. The highest BCUT2D eigenvalue weighted by atomic mass is 16.4. The second kappa shape index (κ2) is 4.21. The fourth-order valence-electron chi connectivity index (χ4n) is 0.503. The summed E-state index contributed by atoms with van der Waals surface area (Å²) in [5, 5.41) is 38.4. The van der Waals surface area contributed by atoms with E-state index in [1.165, 1.54) is 0 Å². The molecular formula is C6H3O7-3. The van der Waals surface area contributed by atoms with Crippen LogP contribution in [0.15, 0.2) is 11.6 Å². The summed E-state index contributed by atoms with van der Waals surface area (Å²) in [6.45, 7) is 0. The first-order chi connectivity index (χ1) is 5.86. The molecule has 13 heavy (non-hydrogen) atoms. The van der Waals surface area contributed by atoms with E-state index in [0.29, 0.717) is 0 Å². The number of aliphatic hydroxyl groups is 1. The molecule has 0 saturated carbocycles. The van der Waals surface area contributed by atoms with Crippen LogP contribution in [0.3, 0.4) is 0 Å². The number of carbonyl (C=O) groups is 3. The molecule has 0 spiro atoms. The van der Waals surface area contributed by atoms with Gasteiger partial charge in [-0.1, -0.05) is 0 Å². The third-order valence-corrected chi connectivity index (χ3v) is 1.03. The molecule has 0 heterocycles. The molecule has 7 heteroatoms. The molecule has 0 aliphatic rings. The largest absolute Gasteiger partial charge is 0.547 e. The lowest BCUT2D eigenvalue weighted by Crippen LogP contribution is -2.43. The summed E-state index contributed by atoms with van der Waals surface area (Å²) >= 11 is 0. The van der Waals surface area contributed by atoms with Crippen LogP contribution in [0, 0.1) is 0 Å². The number of rotatable bonds is 4. The van der Waals surface area contributed by atoms with Gasteiger partial charge in [0.1, 0.15) is 6.10 Å². The molecule has 1 atom stereocenters. The first-order valence-electron chi connectivity index (χ1n) is 2.89. The van der Waals surface area contributed by atoms with Crippen LogP contribution in [0.1, 0.15) is 0 Å². The molecule has 0 aliphatic heterocycles. The van der Waals surface area contributed by atoms with Gasteiger partial charge in [0.05, 0.1) is 17.9 Å². The second-order valence-electron chi connectivity index (χ2n) is 1.93. The van der Waals surface area contributed by atoms with Gasteiger partial charge in [-0.2, -0.15) is 0 Å². The summed E-state index contributed by atoms with van der Waals surface area (Å²) in [5.41, 5.74) is -1.33. The van der Waals surface area contributed by atoms with Gasteiger partial charge in [0.2, 0.25) is 0 Å². The lowest BCUT2D eigenvalue weighted by atomic mass is 10.1. The van der Waals surface area contributed by atoms with E-state index in [-0.39, 0.29) is 6.08 Å². The van der Waals surface area contributed by atoms with Crippen LogP contribution in [0.5, 0.6) is 0 Å². The van der Waals surface area contributed by atoms with Crippen molar-refractivity contribution in [3.8, 4) is 0 Å². The molecule has 72 valence electrons. The number of hydrogen-bond donors (Lipinski definition) is 1. The van der Waals surface area contributed by atoms with Gasteiger partial charge in [-0.05, 0) is 6.08 Å². The second-order valence-corrected chi connectivity index (χ2v) is 1.93. The molecule has 1 N–H and O–H groups in total. The SMILES string of the molecule is O=C([O-])/C=C(/C(=O)[O-])C(O)C(=O)[O-]. The summed E-state index contributed by atoms with van der Waals surface area (Å²) < 4.78 is 0. The fourth-order valence-corrected chi connectivity index (χ4v) is 0.503. The van der Waals surface area contributed by atoms with Crippen LogP contribution in [0.2, 0.25) is 0 Å². The van der Waals surface area contributed by atoms with E-state index < -0.39 is 29.6 Å². The first kappa shape index (κ1) is 11.1. The molecule has 0 saturated heterocycles. The zero-order valence-electron chi connectivity index (χ0n) is 6.05. The summed E-state index contributed by atoms with van der Waals surface area (Å²) in [4.78, 5) is 29.8. The van der Waals surface area contributed by atoms with Crippen LogP contribution in [0.25, 0.3) is 0 Å². The average molecular weight is 187 g/mol. The van der Waals surface area contributed by atoms with E-state index >= 15 is 0 Å². The van der Waals surface area contributed by atoms with Crippen LogP contribution in [-0.2, 0) is 14.4 Å². The predicted molar refractivity (Wildman–Crippen MR) is 29.1 cm³/mol. The van der Waals surface area contributed by atoms with Crippen LogP contribution < -0.4 is 15.3 Å². The zero-order chi connectivity index (χ0) is 10.6. The van der Waals surface area contributed by atoms with Crippen molar-refractivity contribution in [2.75, 3.05) is 0 Å². The minimum atomic E-state index is -2.55. The van der Waals surface area contributed by atoms with Crippen molar-refractivity contribution in [1.29, 1.82) is 0 Å². The minimum Gasteiger partial charge on any atom is -0.547 e. The number of carbonyl (C=O) groups excluding carboxylic acids is 3. The molecule has 0 aliphatic carbocycles. The third kappa shape index (κ3) is 3.34. The molecule has 0 rings (SSSR count). The van der Waals surface area contributed by atoms with Crippen molar-refractivity contribution < 1.29 is 34.8 Å². The van der Waals surface area contributed by atoms with E-state index in [2.05, 4.69) is 0 Å². The van der Waals surface area contributed by atoms with E-state index in [9.17, 15) is 29.7 Å². The van der Waals surface area contributed by atoms with E-state index in [4.69, 9.17) is 5.11 Å². The third-order valence-electron chi connectivity index (χ3n) is 1.03. The van der Waals surface area contributed by atoms with Gasteiger partial charge in [-0.25, -0.2) is 0 Å². The quantitative estimate of drug-likeness (QED) is 0.432. The molecule has 0 amide bonds. The monoisotopic (exact) mass is 187 g/mol. The maximum atomic E-state index is 10.1. The number of hydrogen-bond acceptors (Lipinski definition) is 7. The Balaban J connectivity index is 4.93. The van der Waals surface area contributed by atoms with Crippen molar-refractivity contribution in [1.82, 2.24) is 0 Å². The molecule has 7 nitrogen and oxygen atoms in total. The number of carboxylic acid groups (broad SMARTS) is 3. The highest BCUT2D eigenvalue weighted by Gasteiger charge is 2.12. The molecule has 0 aromatic heterocycles. The van der Waals surface area contributed by atoms with Crippen LogP contribution in [0.4, 0.5) is 0 Å². The van der Waals surface area contributed by atoms with Gasteiger partial charge in [0, 0.05) is 5.57 Å². The maximum Gasteiger partial charge on any atom is 0.120 e. The predicted octanol–water partition coefficient (Wildman–Crippen LogP) is -5.48. The normalized spacial score (nSPS) is 13.5. The van der Waals surface area contributed by atoms with E-state index in [1.807, 2.05) is 0 Å². The standard InChI is InChI=1S/C6H6O7/c7-3(8)1-2(5(10)11)4(9)6(12)13/h1,4,9H,(H,7,8)(H,10,11)(H,12,13)/p-3/b2-1+. The van der Waals surface area contributed by atoms with Gasteiger partial charge in [-0.3, -0.25) is 0 Å². The van der Waals surface area contributed by atoms with E-state index in [0.717, 1.165) is 0 Å². The average Bonchev–Trinajstić information content (AvgIpc) is 1.97. The number of carboxylic acids is 3.